The fraction of sp³-hybridized carbons (Fsp3) is 0.522. The smallest absolute Gasteiger partial charge is 0.226 e. The van der Waals surface area contributed by atoms with E-state index in [1.165, 1.54) is 56.2 Å². The van der Waals surface area contributed by atoms with Gasteiger partial charge in [0.2, 0.25) is 5.91 Å². The molecule has 1 aromatic heterocycles. The van der Waals surface area contributed by atoms with E-state index in [1.807, 2.05) is 29.2 Å². The predicted molar refractivity (Wildman–Crippen MR) is 113 cm³/mol. The summed E-state index contributed by atoms with van der Waals surface area (Å²) in [5.74, 6) is 1.94. The number of rotatable bonds is 13. The molecule has 152 valence electrons. The Morgan fingerprint density at radius 3 is 2.39 bits per heavy atom. The van der Waals surface area contributed by atoms with Crippen molar-refractivity contribution in [3.8, 4) is 0 Å². The second-order valence-corrected chi connectivity index (χ2v) is 8.65. The lowest BCUT2D eigenvalue weighted by molar-refractivity contribution is -0.141. The molecule has 3 rings (SSSR count). The van der Waals surface area contributed by atoms with Gasteiger partial charge in [-0.05, 0) is 49.1 Å². The van der Waals surface area contributed by atoms with Crippen LogP contribution >= 0.6 is 11.8 Å². The van der Waals surface area contributed by atoms with Gasteiger partial charge in [-0.15, -0.1) is 11.8 Å². The Labute approximate surface area is 171 Å². The second kappa shape index (κ2) is 11.3. The summed E-state index contributed by atoms with van der Waals surface area (Å²) in [6.45, 7) is 0.888. The van der Waals surface area contributed by atoms with Gasteiger partial charge in [0.1, 0.15) is 11.6 Å². The average Bonchev–Trinajstić information content (AvgIpc) is 3.21. The Bertz CT molecular complexity index is 702. The van der Waals surface area contributed by atoms with Crippen LogP contribution in [0.3, 0.4) is 0 Å². The third-order valence-corrected chi connectivity index (χ3v) is 6.55. The van der Waals surface area contributed by atoms with E-state index in [-0.39, 0.29) is 11.7 Å². The normalized spacial score (nSPS) is 16.4. The molecule has 0 bridgehead atoms. The molecule has 2 aromatic rings. The Hall–Kier alpha value is -1.75. The molecular weight excluding hydrogens is 373 g/mol. The molecule has 1 aliphatic heterocycles. The molecule has 0 N–H and O–H groups in total. The van der Waals surface area contributed by atoms with Crippen LogP contribution < -0.4 is 0 Å². The van der Waals surface area contributed by atoms with E-state index < -0.39 is 0 Å². The summed E-state index contributed by atoms with van der Waals surface area (Å²) in [7, 11) is 0. The molecule has 5 heteroatoms. The zero-order chi connectivity index (χ0) is 19.6. The van der Waals surface area contributed by atoms with Crippen LogP contribution in [0.25, 0.3) is 0 Å². The summed E-state index contributed by atoms with van der Waals surface area (Å²) in [6.07, 6.45) is 11.8. The highest BCUT2D eigenvalue weighted by atomic mass is 32.2. The standard InChI is InChI=1S/C23H30FNO2S/c24-20-13-11-19(12-14-20)9-6-4-2-1-3-5-7-15-25-22(26)17-23(25)28-18-21-10-8-16-27-21/h8,10-14,16,23H,1-7,9,15,17-18H2. The van der Waals surface area contributed by atoms with E-state index in [0.29, 0.717) is 11.8 Å². The van der Waals surface area contributed by atoms with Crippen LogP contribution in [0.15, 0.2) is 47.1 Å². The van der Waals surface area contributed by atoms with Crippen molar-refractivity contribution in [2.45, 2.75) is 68.9 Å². The summed E-state index contributed by atoms with van der Waals surface area (Å²) in [5.41, 5.74) is 1.22. The van der Waals surface area contributed by atoms with Gasteiger partial charge in [-0.2, -0.15) is 0 Å². The molecule has 1 aromatic carbocycles. The zero-order valence-corrected chi connectivity index (χ0v) is 17.3. The van der Waals surface area contributed by atoms with E-state index >= 15 is 0 Å². The number of nitrogens with zero attached hydrogens (tertiary/aromatic N) is 1. The molecule has 0 saturated carbocycles. The van der Waals surface area contributed by atoms with Gasteiger partial charge in [0.05, 0.1) is 23.8 Å². The highest BCUT2D eigenvalue weighted by Gasteiger charge is 2.35. The van der Waals surface area contributed by atoms with Gasteiger partial charge in [-0.1, -0.05) is 44.2 Å². The first kappa shape index (κ1) is 21.0. The van der Waals surface area contributed by atoms with Crippen LogP contribution in [-0.2, 0) is 17.0 Å². The number of amides is 1. The number of carbonyl (C=O) groups excluding carboxylic acids is 1. The van der Waals surface area contributed by atoms with Crippen molar-refractivity contribution in [3.05, 3.63) is 59.8 Å². The molecular formula is C23H30FNO2S. The highest BCUT2D eigenvalue weighted by Crippen LogP contribution is 2.32. The van der Waals surface area contributed by atoms with Crippen molar-refractivity contribution in [2.75, 3.05) is 6.54 Å². The van der Waals surface area contributed by atoms with Crippen LogP contribution in [-0.4, -0.2) is 22.7 Å². The van der Waals surface area contributed by atoms with Gasteiger partial charge in [-0.25, -0.2) is 4.39 Å². The van der Waals surface area contributed by atoms with Gasteiger partial charge < -0.3 is 9.32 Å². The molecule has 1 amide bonds. The maximum Gasteiger partial charge on any atom is 0.226 e. The van der Waals surface area contributed by atoms with Crippen LogP contribution in [0.5, 0.6) is 0 Å². The number of hydrogen-bond acceptors (Lipinski definition) is 3. The largest absolute Gasteiger partial charge is 0.468 e. The number of β-lactam (4-membered cyclic amide) rings is 1. The van der Waals surface area contributed by atoms with Crippen molar-refractivity contribution in [3.63, 3.8) is 0 Å². The van der Waals surface area contributed by atoms with Gasteiger partial charge >= 0.3 is 0 Å². The Kier molecular flexibility index (Phi) is 8.46. The Balaban J connectivity index is 1.17. The van der Waals surface area contributed by atoms with Crippen molar-refractivity contribution < 1.29 is 13.6 Å². The topological polar surface area (TPSA) is 33.5 Å². The Morgan fingerprint density at radius 2 is 1.71 bits per heavy atom. The molecule has 0 spiro atoms. The third kappa shape index (κ3) is 6.69. The molecule has 0 aliphatic carbocycles. The minimum atomic E-state index is -0.161. The summed E-state index contributed by atoms with van der Waals surface area (Å²) in [6, 6.07) is 10.7. The molecule has 1 saturated heterocycles. The second-order valence-electron chi connectivity index (χ2n) is 7.49. The number of benzene rings is 1. The number of halogens is 1. The van der Waals surface area contributed by atoms with Crippen molar-refractivity contribution >= 4 is 17.7 Å². The number of hydrogen-bond donors (Lipinski definition) is 0. The van der Waals surface area contributed by atoms with E-state index in [0.717, 1.165) is 30.9 Å². The number of likely N-dealkylation sites (tertiary alicyclic amines) is 1. The predicted octanol–water partition coefficient (Wildman–Crippen LogP) is 6.18. The van der Waals surface area contributed by atoms with Crippen LogP contribution in [0, 0.1) is 5.82 Å². The lowest BCUT2D eigenvalue weighted by atomic mass is 10.0. The maximum absolute atomic E-state index is 12.9. The van der Waals surface area contributed by atoms with Crippen molar-refractivity contribution in [1.82, 2.24) is 4.90 Å². The fourth-order valence-electron chi connectivity index (χ4n) is 3.56. The van der Waals surface area contributed by atoms with E-state index in [2.05, 4.69) is 0 Å². The SMILES string of the molecule is O=C1CC(SCc2ccco2)N1CCCCCCCCCc1ccc(F)cc1. The van der Waals surface area contributed by atoms with Gasteiger partial charge in [-0.3, -0.25) is 4.79 Å². The van der Waals surface area contributed by atoms with Gasteiger partial charge in [0.15, 0.2) is 0 Å². The maximum atomic E-state index is 12.9. The first-order valence-corrected chi connectivity index (χ1v) is 11.4. The third-order valence-electron chi connectivity index (χ3n) is 5.29. The summed E-state index contributed by atoms with van der Waals surface area (Å²) in [4.78, 5) is 13.9. The first-order valence-electron chi connectivity index (χ1n) is 10.4. The van der Waals surface area contributed by atoms with E-state index in [9.17, 15) is 9.18 Å². The number of carbonyl (C=O) groups is 1. The van der Waals surface area contributed by atoms with Crippen LogP contribution in [0.2, 0.25) is 0 Å². The minimum absolute atomic E-state index is 0.161. The van der Waals surface area contributed by atoms with Crippen LogP contribution in [0.1, 0.15) is 62.7 Å². The lowest BCUT2D eigenvalue weighted by Crippen LogP contribution is -2.51. The van der Waals surface area contributed by atoms with Gasteiger partial charge in [0, 0.05) is 6.54 Å². The number of unbranched alkanes of at least 4 members (excludes halogenated alkanes) is 6. The fourth-order valence-corrected chi connectivity index (χ4v) is 4.75. The average molecular weight is 404 g/mol. The Morgan fingerprint density at radius 1 is 1.00 bits per heavy atom. The molecule has 28 heavy (non-hydrogen) atoms. The molecule has 0 radical (unpaired) electrons. The minimum Gasteiger partial charge on any atom is -0.468 e. The van der Waals surface area contributed by atoms with E-state index in [1.54, 1.807) is 18.0 Å². The number of aryl methyl sites for hydroxylation is 1. The monoisotopic (exact) mass is 403 g/mol. The molecule has 1 atom stereocenters. The summed E-state index contributed by atoms with van der Waals surface area (Å²) >= 11 is 1.80. The quantitative estimate of drug-likeness (QED) is 0.296. The molecule has 1 unspecified atom stereocenters. The van der Waals surface area contributed by atoms with Crippen molar-refractivity contribution in [2.24, 2.45) is 0 Å². The van der Waals surface area contributed by atoms with E-state index in [4.69, 9.17) is 4.42 Å². The van der Waals surface area contributed by atoms with Gasteiger partial charge in [0.25, 0.3) is 0 Å². The molecule has 3 nitrogen and oxygen atoms in total. The number of furan rings is 1. The summed E-state index contributed by atoms with van der Waals surface area (Å²) in [5, 5.41) is 0.323. The number of thioether (sulfide) groups is 1. The highest BCUT2D eigenvalue weighted by molar-refractivity contribution is 7.99. The summed E-state index contributed by atoms with van der Waals surface area (Å²) < 4.78 is 18.2. The first-order chi connectivity index (χ1) is 13.7. The zero-order valence-electron chi connectivity index (χ0n) is 16.4. The lowest BCUT2D eigenvalue weighted by Gasteiger charge is -2.40. The molecule has 1 fully saturated rings. The van der Waals surface area contributed by atoms with Crippen molar-refractivity contribution in [1.29, 1.82) is 0 Å². The molecule has 2 heterocycles. The molecule has 1 aliphatic rings. The van der Waals surface area contributed by atoms with Crippen LogP contribution in [0.4, 0.5) is 4.39 Å².